The van der Waals surface area contributed by atoms with Gasteiger partial charge in [0, 0.05) is 24.9 Å². The number of carbonyl (C=O) groups is 3. The smallest absolute Gasteiger partial charge is 0.246 e. The molecule has 0 aromatic heterocycles. The Kier molecular flexibility index (Phi) is 7.83. The van der Waals surface area contributed by atoms with Gasteiger partial charge >= 0.3 is 0 Å². The van der Waals surface area contributed by atoms with Crippen molar-refractivity contribution < 1.29 is 24.2 Å². The molecule has 38 heavy (non-hydrogen) atoms. The quantitative estimate of drug-likeness (QED) is 0.404. The van der Waals surface area contributed by atoms with Crippen molar-refractivity contribution in [2.75, 3.05) is 18.5 Å². The molecular weight excluding hydrogens is 482 g/mol. The molecule has 0 radical (unpaired) electrons. The monoisotopic (exact) mass is 525 g/mol. The van der Waals surface area contributed by atoms with Crippen LogP contribution in [0.5, 0.6) is 0 Å². The molecule has 3 aliphatic heterocycles. The minimum Gasteiger partial charge on any atom is -0.396 e. The Balaban J connectivity index is 1.44. The number of aliphatic hydroxyl groups is 1. The van der Waals surface area contributed by atoms with Crippen LogP contribution in [0.2, 0.25) is 0 Å². The van der Waals surface area contributed by atoms with Crippen LogP contribution in [0.25, 0.3) is 0 Å². The number of nitrogens with one attached hydrogen (secondary N) is 2. The van der Waals surface area contributed by atoms with Gasteiger partial charge in [0.05, 0.1) is 17.4 Å². The van der Waals surface area contributed by atoms with Crippen molar-refractivity contribution in [3.8, 4) is 0 Å². The summed E-state index contributed by atoms with van der Waals surface area (Å²) >= 11 is 0. The second-order valence-electron chi connectivity index (χ2n) is 12.1. The molecular formula is C30H43N3O5. The number of aliphatic hydroxyl groups excluding tert-OH is 1. The molecule has 3 saturated heterocycles. The van der Waals surface area contributed by atoms with Crippen LogP contribution < -0.4 is 10.6 Å². The molecule has 4 aliphatic rings. The maximum Gasteiger partial charge on any atom is 0.246 e. The van der Waals surface area contributed by atoms with Crippen molar-refractivity contribution in [3.63, 3.8) is 0 Å². The molecule has 1 spiro atoms. The van der Waals surface area contributed by atoms with Crippen molar-refractivity contribution in [2.24, 2.45) is 17.8 Å². The molecule has 6 atom stereocenters. The van der Waals surface area contributed by atoms with Gasteiger partial charge in [-0.15, -0.1) is 0 Å². The van der Waals surface area contributed by atoms with E-state index in [0.29, 0.717) is 18.7 Å². The highest BCUT2D eigenvalue weighted by atomic mass is 16.5. The molecule has 3 heterocycles. The van der Waals surface area contributed by atoms with Gasteiger partial charge in [0.15, 0.2) is 0 Å². The lowest BCUT2D eigenvalue weighted by molar-refractivity contribution is -0.146. The zero-order chi connectivity index (χ0) is 26.9. The summed E-state index contributed by atoms with van der Waals surface area (Å²) in [4.78, 5) is 43.7. The fourth-order valence-electron chi connectivity index (χ4n) is 7.70. The number of hydrogen-bond donors (Lipinski definition) is 3. The number of rotatable bonds is 10. The van der Waals surface area contributed by atoms with E-state index in [9.17, 15) is 14.4 Å². The van der Waals surface area contributed by atoms with Gasteiger partial charge in [0.25, 0.3) is 0 Å². The number of hydrogen-bond acceptors (Lipinski definition) is 5. The van der Waals surface area contributed by atoms with Gasteiger partial charge < -0.3 is 25.4 Å². The maximum absolute atomic E-state index is 14.2. The van der Waals surface area contributed by atoms with E-state index in [1.54, 1.807) is 4.90 Å². The number of fused-ring (bicyclic) bond motifs is 1. The molecule has 1 aliphatic carbocycles. The van der Waals surface area contributed by atoms with E-state index >= 15 is 0 Å². The second-order valence-corrected chi connectivity index (χ2v) is 12.1. The van der Waals surface area contributed by atoms with E-state index < -0.39 is 29.1 Å². The minimum absolute atomic E-state index is 0.0209. The van der Waals surface area contributed by atoms with Crippen molar-refractivity contribution in [1.82, 2.24) is 10.2 Å². The normalized spacial score (nSPS) is 34.4. The predicted molar refractivity (Wildman–Crippen MR) is 144 cm³/mol. The van der Waals surface area contributed by atoms with E-state index in [-0.39, 0.29) is 36.3 Å². The number of nitrogens with zero attached hydrogens (tertiary/aromatic N) is 1. The number of ether oxygens (including phenoxy) is 1. The third kappa shape index (κ3) is 4.64. The van der Waals surface area contributed by atoms with Gasteiger partial charge in [-0.3, -0.25) is 14.4 Å². The lowest BCUT2D eigenvalue weighted by atomic mass is 9.62. The molecule has 1 saturated carbocycles. The zero-order valence-electron chi connectivity index (χ0n) is 22.8. The molecule has 208 valence electrons. The lowest BCUT2D eigenvalue weighted by Crippen LogP contribution is -2.57. The average Bonchev–Trinajstić information content (AvgIpc) is 3.41. The SMILES string of the molecule is CC1CC23O[C@@]1(C)[C@H](C(=O)Nc1ccccc1)[C@H]2C(=O)N(CCCCCCO)C3C(=O)NC1CCCCC1. The molecule has 3 unspecified atom stereocenters. The molecule has 8 heteroatoms. The highest BCUT2D eigenvalue weighted by Gasteiger charge is 2.79. The van der Waals surface area contributed by atoms with Gasteiger partial charge in [-0.2, -0.15) is 0 Å². The molecule has 4 fully saturated rings. The third-order valence-electron chi connectivity index (χ3n) is 9.65. The van der Waals surface area contributed by atoms with Gasteiger partial charge in [0.2, 0.25) is 17.7 Å². The summed E-state index contributed by atoms with van der Waals surface area (Å²) in [6, 6.07) is 8.68. The summed E-state index contributed by atoms with van der Waals surface area (Å²) in [7, 11) is 0. The van der Waals surface area contributed by atoms with E-state index in [1.807, 2.05) is 37.3 Å². The zero-order valence-corrected chi connectivity index (χ0v) is 22.8. The molecule has 3 N–H and O–H groups in total. The Morgan fingerprint density at radius 2 is 1.76 bits per heavy atom. The summed E-state index contributed by atoms with van der Waals surface area (Å²) < 4.78 is 6.81. The number of anilines is 1. The summed E-state index contributed by atoms with van der Waals surface area (Å²) in [6.07, 6.45) is 9.11. The number of benzene rings is 1. The van der Waals surface area contributed by atoms with Crippen LogP contribution in [0.1, 0.15) is 78.1 Å². The van der Waals surface area contributed by atoms with Crippen LogP contribution in [0.4, 0.5) is 5.69 Å². The van der Waals surface area contributed by atoms with Crippen LogP contribution in [0.15, 0.2) is 30.3 Å². The Morgan fingerprint density at radius 1 is 1.05 bits per heavy atom. The number of amides is 3. The first-order valence-corrected chi connectivity index (χ1v) is 14.6. The third-order valence-corrected chi connectivity index (χ3v) is 9.65. The number of unbranched alkanes of at least 4 members (excludes halogenated alkanes) is 3. The lowest BCUT2D eigenvalue weighted by Gasteiger charge is -2.36. The van der Waals surface area contributed by atoms with Gasteiger partial charge in [-0.1, -0.05) is 57.2 Å². The second kappa shape index (κ2) is 11.0. The van der Waals surface area contributed by atoms with Gasteiger partial charge in [-0.25, -0.2) is 0 Å². The summed E-state index contributed by atoms with van der Waals surface area (Å²) in [6.45, 7) is 4.63. The van der Waals surface area contributed by atoms with Gasteiger partial charge in [-0.05, 0) is 57.1 Å². The highest BCUT2D eigenvalue weighted by molar-refractivity contribution is 6.02. The van der Waals surface area contributed by atoms with Crippen molar-refractivity contribution in [3.05, 3.63) is 30.3 Å². The topological polar surface area (TPSA) is 108 Å². The number of carbonyl (C=O) groups excluding carboxylic acids is 3. The maximum atomic E-state index is 14.2. The van der Waals surface area contributed by atoms with Crippen LogP contribution in [-0.2, 0) is 19.1 Å². The standard InChI is InChI=1S/C30H43N3O5/c1-20-19-30-24(23(29(20,2)38-30)26(35)31-21-13-7-5-8-14-21)28(37)33(17-11-3-4-12-18-34)25(30)27(36)32-22-15-9-6-10-16-22/h5,7-8,13-14,20,22-25,34H,3-4,6,9-12,15-19H2,1-2H3,(H,31,35)(H,32,36)/t20?,23-,24-,25?,29+,30?/m0/s1. The minimum atomic E-state index is -1.01. The average molecular weight is 526 g/mol. The fourth-order valence-corrected chi connectivity index (χ4v) is 7.70. The molecule has 5 rings (SSSR count). The van der Waals surface area contributed by atoms with E-state index in [0.717, 1.165) is 51.4 Å². The Bertz CT molecular complexity index is 1030. The molecule has 2 bridgehead atoms. The van der Waals surface area contributed by atoms with E-state index in [2.05, 4.69) is 17.6 Å². The van der Waals surface area contributed by atoms with Crippen molar-refractivity contribution >= 4 is 23.4 Å². The van der Waals surface area contributed by atoms with E-state index in [1.165, 1.54) is 6.42 Å². The molecule has 1 aromatic carbocycles. The van der Waals surface area contributed by atoms with Crippen LogP contribution in [0.3, 0.4) is 0 Å². The first-order valence-electron chi connectivity index (χ1n) is 14.6. The Hall–Kier alpha value is -2.45. The fraction of sp³-hybridized carbons (Fsp3) is 0.700. The first kappa shape index (κ1) is 27.1. The largest absolute Gasteiger partial charge is 0.396 e. The van der Waals surface area contributed by atoms with Crippen molar-refractivity contribution in [1.29, 1.82) is 0 Å². The summed E-state index contributed by atoms with van der Waals surface area (Å²) in [5, 5.41) is 15.4. The number of para-hydroxylation sites is 1. The molecule has 1 aromatic rings. The highest BCUT2D eigenvalue weighted by Crippen LogP contribution is 2.65. The molecule has 3 amide bonds. The van der Waals surface area contributed by atoms with Crippen LogP contribution in [0, 0.1) is 17.8 Å². The number of likely N-dealkylation sites (tertiary alicyclic amines) is 1. The molecule has 8 nitrogen and oxygen atoms in total. The van der Waals surface area contributed by atoms with Crippen LogP contribution >= 0.6 is 0 Å². The Labute approximate surface area is 225 Å². The first-order chi connectivity index (χ1) is 18.3. The Morgan fingerprint density at radius 3 is 2.47 bits per heavy atom. The summed E-state index contributed by atoms with van der Waals surface area (Å²) in [5.74, 6) is -1.84. The van der Waals surface area contributed by atoms with Crippen molar-refractivity contribution in [2.45, 2.75) is 101 Å². The van der Waals surface area contributed by atoms with Gasteiger partial charge in [0.1, 0.15) is 11.6 Å². The van der Waals surface area contributed by atoms with Crippen LogP contribution in [-0.4, -0.2) is 64.2 Å². The summed E-state index contributed by atoms with van der Waals surface area (Å²) in [5.41, 5.74) is -1.15. The predicted octanol–water partition coefficient (Wildman–Crippen LogP) is 3.64. The van der Waals surface area contributed by atoms with E-state index in [4.69, 9.17) is 9.84 Å².